The van der Waals surface area contributed by atoms with E-state index in [0.29, 0.717) is 5.88 Å². The maximum Gasteiger partial charge on any atom is 0.258 e. The Morgan fingerprint density at radius 1 is 1.56 bits per heavy atom. The molecule has 1 aromatic rings. The van der Waals surface area contributed by atoms with Crippen LogP contribution in [0.15, 0.2) is 17.9 Å². The summed E-state index contributed by atoms with van der Waals surface area (Å²) in [4.78, 5) is 2.29. The van der Waals surface area contributed by atoms with Crippen molar-refractivity contribution < 1.29 is 4.74 Å². The lowest BCUT2D eigenvalue weighted by Gasteiger charge is -2.22. The zero-order valence-electron chi connectivity index (χ0n) is 11.1. The van der Waals surface area contributed by atoms with Crippen LogP contribution in [0.5, 0.6) is 5.88 Å². The fourth-order valence-electron chi connectivity index (χ4n) is 1.97. The first-order valence-corrected chi connectivity index (χ1v) is 7.01. The van der Waals surface area contributed by atoms with Gasteiger partial charge in [-0.15, -0.1) is 4.37 Å². The van der Waals surface area contributed by atoms with Gasteiger partial charge in [0.25, 0.3) is 5.88 Å². The minimum absolute atomic E-state index is 0.650. The summed E-state index contributed by atoms with van der Waals surface area (Å²) >= 11 is 1.21. The van der Waals surface area contributed by atoms with Crippen molar-refractivity contribution in [1.82, 2.24) is 13.6 Å². The van der Waals surface area contributed by atoms with Crippen LogP contribution in [0, 0.1) is 0 Å². The Kier molecular flexibility index (Phi) is 4.49. The molecule has 2 rings (SSSR count). The highest BCUT2D eigenvalue weighted by Gasteiger charge is 2.18. The summed E-state index contributed by atoms with van der Waals surface area (Å²) in [7, 11) is 2.12. The number of aromatic nitrogens is 2. The normalized spacial score (nSPS) is 17.7. The summed E-state index contributed by atoms with van der Waals surface area (Å²) in [6.07, 6.45) is 6.15. The maximum atomic E-state index is 5.81. The van der Waals surface area contributed by atoms with E-state index >= 15 is 0 Å². The standard InChI is InChI=1S/C13H19N3OS/c1-4-11(5-2)17-13-12(14-18-15-13)10-7-6-8-16(3)9-10/h4,7H,5-6,8-9H2,1-3H3. The number of rotatable bonds is 4. The summed E-state index contributed by atoms with van der Waals surface area (Å²) in [6, 6.07) is 0. The van der Waals surface area contributed by atoms with Crippen LogP contribution in [0.3, 0.4) is 0 Å². The van der Waals surface area contributed by atoms with Crippen LogP contribution >= 0.6 is 11.7 Å². The van der Waals surface area contributed by atoms with Gasteiger partial charge in [0.05, 0.1) is 11.7 Å². The van der Waals surface area contributed by atoms with Crippen LogP contribution in [0.4, 0.5) is 0 Å². The molecule has 2 heterocycles. The molecule has 0 unspecified atom stereocenters. The highest BCUT2D eigenvalue weighted by molar-refractivity contribution is 6.99. The van der Waals surface area contributed by atoms with E-state index in [-0.39, 0.29) is 0 Å². The summed E-state index contributed by atoms with van der Waals surface area (Å²) in [5.74, 6) is 1.59. The summed E-state index contributed by atoms with van der Waals surface area (Å²) in [5.41, 5.74) is 2.12. The van der Waals surface area contributed by atoms with Crippen molar-refractivity contribution in [2.75, 3.05) is 20.1 Å². The van der Waals surface area contributed by atoms with Crippen molar-refractivity contribution >= 4 is 17.3 Å². The lowest BCUT2D eigenvalue weighted by atomic mass is 10.1. The molecule has 0 aliphatic carbocycles. The van der Waals surface area contributed by atoms with Crippen molar-refractivity contribution in [3.63, 3.8) is 0 Å². The molecule has 5 heteroatoms. The van der Waals surface area contributed by atoms with Gasteiger partial charge < -0.3 is 9.64 Å². The van der Waals surface area contributed by atoms with Gasteiger partial charge >= 0.3 is 0 Å². The Morgan fingerprint density at radius 2 is 2.39 bits per heavy atom. The highest BCUT2D eigenvalue weighted by atomic mass is 32.1. The van der Waals surface area contributed by atoms with Crippen LogP contribution in [0.25, 0.3) is 5.57 Å². The van der Waals surface area contributed by atoms with Crippen molar-refractivity contribution in [3.05, 3.63) is 23.6 Å². The summed E-state index contributed by atoms with van der Waals surface area (Å²) < 4.78 is 14.5. The Bertz CT molecular complexity index is 465. The molecule has 0 saturated carbocycles. The van der Waals surface area contributed by atoms with Gasteiger partial charge in [-0.1, -0.05) is 13.0 Å². The molecule has 1 aliphatic rings. The average Bonchev–Trinajstić information content (AvgIpc) is 2.84. The fraction of sp³-hybridized carbons (Fsp3) is 0.538. The molecule has 0 spiro atoms. The first-order chi connectivity index (χ1) is 8.74. The maximum absolute atomic E-state index is 5.81. The molecule has 98 valence electrons. The largest absolute Gasteiger partial charge is 0.441 e. The lowest BCUT2D eigenvalue weighted by molar-refractivity contribution is 0.369. The molecule has 18 heavy (non-hydrogen) atoms. The summed E-state index contributed by atoms with van der Waals surface area (Å²) in [6.45, 7) is 6.07. The van der Waals surface area contributed by atoms with Gasteiger partial charge in [-0.05, 0) is 32.0 Å². The monoisotopic (exact) mass is 265 g/mol. The Balaban J connectivity index is 2.20. The Hall–Kier alpha value is -1.20. The second kappa shape index (κ2) is 6.11. The van der Waals surface area contributed by atoms with E-state index in [4.69, 9.17) is 4.74 Å². The molecule has 0 N–H and O–H groups in total. The molecule has 0 aromatic carbocycles. The second-order valence-electron chi connectivity index (χ2n) is 4.38. The van der Waals surface area contributed by atoms with Crippen molar-refractivity contribution in [2.24, 2.45) is 0 Å². The van der Waals surface area contributed by atoms with Crippen molar-refractivity contribution in [2.45, 2.75) is 26.7 Å². The number of likely N-dealkylation sites (N-methyl/N-ethyl adjacent to an activating group) is 1. The zero-order chi connectivity index (χ0) is 13.0. The van der Waals surface area contributed by atoms with Gasteiger partial charge in [0.15, 0.2) is 0 Å². The molecule has 0 bridgehead atoms. The number of hydrogen-bond donors (Lipinski definition) is 0. The topological polar surface area (TPSA) is 38.3 Å². The smallest absolute Gasteiger partial charge is 0.258 e. The van der Waals surface area contributed by atoms with Crippen molar-refractivity contribution in [3.8, 4) is 5.88 Å². The average molecular weight is 265 g/mol. The van der Waals surface area contributed by atoms with Gasteiger partial charge in [-0.3, -0.25) is 0 Å². The third-order valence-corrected chi connectivity index (χ3v) is 3.51. The zero-order valence-corrected chi connectivity index (χ0v) is 12.0. The predicted octanol–water partition coefficient (Wildman–Crippen LogP) is 2.95. The third-order valence-electron chi connectivity index (χ3n) is 3.00. The van der Waals surface area contributed by atoms with Gasteiger partial charge in [0, 0.05) is 19.5 Å². The molecule has 0 saturated heterocycles. The first kappa shape index (κ1) is 13.2. The van der Waals surface area contributed by atoms with E-state index in [2.05, 4.69) is 33.7 Å². The van der Waals surface area contributed by atoms with Crippen LogP contribution in [0.2, 0.25) is 0 Å². The molecule has 0 fully saturated rings. The van der Waals surface area contributed by atoms with Gasteiger partial charge in [-0.25, -0.2) is 0 Å². The van der Waals surface area contributed by atoms with E-state index in [1.807, 2.05) is 13.0 Å². The molecular weight excluding hydrogens is 246 g/mol. The molecule has 4 nitrogen and oxygen atoms in total. The third kappa shape index (κ3) is 2.97. The SMILES string of the molecule is CC=C(CC)Oc1nsnc1C1=CCCN(C)C1. The van der Waals surface area contributed by atoms with E-state index in [9.17, 15) is 0 Å². The highest BCUT2D eigenvalue weighted by Crippen LogP contribution is 2.28. The number of nitrogens with zero attached hydrogens (tertiary/aromatic N) is 3. The predicted molar refractivity (Wildman–Crippen MR) is 74.7 cm³/mol. The van der Waals surface area contributed by atoms with Gasteiger partial charge in [0.2, 0.25) is 0 Å². The second-order valence-corrected chi connectivity index (χ2v) is 4.91. The van der Waals surface area contributed by atoms with E-state index in [0.717, 1.165) is 37.4 Å². The molecule has 0 radical (unpaired) electrons. The van der Waals surface area contributed by atoms with Crippen molar-refractivity contribution in [1.29, 1.82) is 0 Å². The van der Waals surface area contributed by atoms with E-state index in [1.54, 1.807) is 0 Å². The minimum atomic E-state index is 0.650. The Morgan fingerprint density at radius 3 is 3.06 bits per heavy atom. The van der Waals surface area contributed by atoms with Crippen LogP contribution in [-0.4, -0.2) is 33.8 Å². The molecule has 0 atom stereocenters. The van der Waals surface area contributed by atoms with Crippen LogP contribution in [0.1, 0.15) is 32.4 Å². The van der Waals surface area contributed by atoms with Crippen LogP contribution in [-0.2, 0) is 0 Å². The number of hydrogen-bond acceptors (Lipinski definition) is 5. The number of ether oxygens (including phenoxy) is 1. The molecule has 1 aliphatic heterocycles. The molecular formula is C13H19N3OS. The Labute approximate surface area is 112 Å². The van der Waals surface area contributed by atoms with Gasteiger partial charge in [-0.2, -0.15) is 4.37 Å². The van der Waals surface area contributed by atoms with E-state index < -0.39 is 0 Å². The van der Waals surface area contributed by atoms with Gasteiger partial charge in [0.1, 0.15) is 11.5 Å². The molecule has 1 aromatic heterocycles. The number of allylic oxidation sites excluding steroid dienone is 2. The van der Waals surface area contributed by atoms with Crippen LogP contribution < -0.4 is 4.74 Å². The fourth-order valence-corrected chi connectivity index (χ4v) is 2.48. The minimum Gasteiger partial charge on any atom is -0.441 e. The molecule has 0 amide bonds. The lowest BCUT2D eigenvalue weighted by Crippen LogP contribution is -2.25. The van der Waals surface area contributed by atoms with E-state index in [1.165, 1.54) is 17.3 Å². The summed E-state index contributed by atoms with van der Waals surface area (Å²) in [5, 5.41) is 0. The quantitative estimate of drug-likeness (QED) is 0.785. The first-order valence-electron chi connectivity index (χ1n) is 6.28.